The molecule has 0 saturated carbocycles. The van der Waals surface area contributed by atoms with Gasteiger partial charge in [0, 0.05) is 33.2 Å². The smallest absolute Gasteiger partial charge is 0.506 e. The first kappa shape index (κ1) is 76.7. The van der Waals surface area contributed by atoms with Gasteiger partial charge in [-0.25, -0.2) is 8.78 Å². The van der Waals surface area contributed by atoms with Crippen LogP contribution in [0.2, 0.25) is 0 Å². The van der Waals surface area contributed by atoms with Crippen LogP contribution >= 0.6 is 0 Å². The molecule has 4 nitrogen and oxygen atoms in total. The van der Waals surface area contributed by atoms with E-state index in [1.54, 1.807) is 12.8 Å². The van der Waals surface area contributed by atoms with Crippen LogP contribution in [0.3, 0.4) is 0 Å². The summed E-state index contributed by atoms with van der Waals surface area (Å²) in [6.45, 7) is 48.3. The molecule has 0 amide bonds. The normalized spacial score (nSPS) is 12.9. The van der Waals surface area contributed by atoms with E-state index >= 15 is 17.6 Å². The summed E-state index contributed by atoms with van der Waals surface area (Å²) in [7, 11) is 0. The molecule has 0 spiro atoms. The molecule has 0 fully saturated rings. The van der Waals surface area contributed by atoms with Crippen LogP contribution in [0.25, 0.3) is 77.2 Å². The molecule has 8 aromatic carbocycles. The number of phenols is 2. The minimum absolute atomic E-state index is 0. The van der Waals surface area contributed by atoms with Crippen LogP contribution in [-0.4, -0.2) is 19.3 Å². The molecule has 10 aromatic rings. The van der Waals surface area contributed by atoms with Crippen molar-refractivity contribution in [2.24, 2.45) is 10.8 Å². The average Bonchev–Trinajstić information content (AvgIpc) is 1.53. The third-order valence-corrected chi connectivity index (χ3v) is 19.0. The molecule has 0 aliphatic heterocycles. The Kier molecular flexibility index (Phi) is 21.4. The second-order valence-electron chi connectivity index (χ2n) is 34.7. The van der Waals surface area contributed by atoms with E-state index in [2.05, 4.69) is 246 Å². The Morgan fingerprint density at radius 2 is 0.615 bits per heavy atom. The predicted molar refractivity (Wildman–Crippen MR) is 398 cm³/mol. The number of fused-ring (bicyclic) bond motifs is 6. The van der Waals surface area contributed by atoms with Gasteiger partial charge in [0.2, 0.25) is 0 Å². The minimum Gasteiger partial charge on any atom is -0.506 e. The van der Waals surface area contributed by atoms with Crippen molar-refractivity contribution in [3.8, 4) is 45.1 Å². The second kappa shape index (κ2) is 26.8. The van der Waals surface area contributed by atoms with Gasteiger partial charge in [-0.3, -0.25) is 8.78 Å². The van der Waals surface area contributed by atoms with E-state index < -0.39 is 34.1 Å². The van der Waals surface area contributed by atoms with Crippen molar-refractivity contribution in [2.45, 2.75) is 217 Å². The van der Waals surface area contributed by atoms with Gasteiger partial charge in [-0.15, -0.1) is 22.3 Å². The van der Waals surface area contributed by atoms with Crippen molar-refractivity contribution in [2.75, 3.05) is 0 Å². The Bertz CT molecular complexity index is 4120. The number of halogens is 4. The molecule has 0 radical (unpaired) electrons. The van der Waals surface area contributed by atoms with E-state index in [4.69, 9.17) is 0 Å². The number of hydrogen-bond donors (Lipinski definition) is 2. The first-order chi connectivity index (χ1) is 42.8. The number of hydrogen-bond acceptors (Lipinski definition) is 2. The third-order valence-electron chi connectivity index (χ3n) is 19.0. The molecule has 0 atom stereocenters. The van der Waals surface area contributed by atoms with E-state index in [0.717, 1.165) is 79.7 Å². The number of rotatable bonds is 14. The molecule has 0 aliphatic rings. The van der Waals surface area contributed by atoms with E-state index in [1.165, 1.54) is 34.4 Å². The largest absolute Gasteiger partial charge is 4.00 e. The van der Waals surface area contributed by atoms with Crippen molar-refractivity contribution in [1.29, 1.82) is 0 Å². The number of unbranched alkanes of at least 4 members (excludes halogenated alkanes) is 2. The first-order valence-corrected chi connectivity index (χ1v) is 33.4. The van der Waals surface area contributed by atoms with Crippen LogP contribution in [0.15, 0.2) is 121 Å². The van der Waals surface area contributed by atoms with E-state index in [-0.39, 0.29) is 120 Å². The molecule has 96 heavy (non-hydrogen) atoms. The van der Waals surface area contributed by atoms with E-state index in [9.17, 15) is 10.2 Å². The number of phenolic OH excluding ortho intramolecular Hbond substituents is 2. The van der Waals surface area contributed by atoms with Crippen molar-refractivity contribution in [3.63, 3.8) is 0 Å². The summed E-state index contributed by atoms with van der Waals surface area (Å²) in [5, 5.41) is 30.2. The van der Waals surface area contributed by atoms with Gasteiger partial charge in [-0.2, -0.15) is 12.8 Å². The van der Waals surface area contributed by atoms with Crippen LogP contribution in [0.1, 0.15) is 229 Å². The Morgan fingerprint density at radius 1 is 0.344 bits per heavy atom. The van der Waals surface area contributed by atoms with Crippen LogP contribution in [0, 0.1) is 61.8 Å². The molecule has 0 bridgehead atoms. The van der Waals surface area contributed by atoms with Crippen molar-refractivity contribution in [3.05, 3.63) is 217 Å². The molecule has 0 saturated heterocycles. The van der Waals surface area contributed by atoms with Gasteiger partial charge >= 0.3 is 25.8 Å². The maximum atomic E-state index is 16.9. The second-order valence-corrected chi connectivity index (χ2v) is 34.7. The maximum Gasteiger partial charge on any atom is 4.00 e. The zero-order chi connectivity index (χ0) is 68.4. The molecule has 10 rings (SSSR count). The van der Waals surface area contributed by atoms with Crippen LogP contribution in [-0.2, 0) is 58.3 Å². The fourth-order valence-electron chi connectivity index (χ4n) is 14.7. The minimum atomic E-state index is -0.784. The summed E-state index contributed by atoms with van der Waals surface area (Å²) < 4.78 is 70.0. The van der Waals surface area contributed by atoms with Crippen molar-refractivity contribution in [1.82, 2.24) is 9.13 Å². The Balaban J connectivity index is 0.00000433. The number of benzene rings is 8. The molecular weight excluding hydrogens is 1360 g/mol. The summed E-state index contributed by atoms with van der Waals surface area (Å²) >= 11 is 0. The zero-order valence-corrected chi connectivity index (χ0v) is 65.6. The standard InChI is InChI=1S/C85H100F4N2O2.2CH3.Hf/c1-78(2,3)48-84(19,20)54-40-66(76(92)74(42-54)90-70-32-28-50(80(7,8)9)36-62(70)63-37-51(81(10,11)12)29-33-71(63)90)60-44-56(86)46-68(88)58(60)26-24-23-25-27-59-61(45-57(87)47-69(59)89)67-41-55(85(21,22)49-79(4,5)6)43-75(77(67)93)91-72-34-30-52(82(13,14)15)38-64(72)65-39-53(83(16,17)18)31-35-73(65)91;;;/h26-47,92-93H,23-25,48-49H2,1-22H3;2*1H3;/q-2;2*-1;+4. The summed E-state index contributed by atoms with van der Waals surface area (Å²) in [4.78, 5) is 0. The van der Waals surface area contributed by atoms with Crippen molar-refractivity contribution >= 4 is 43.6 Å². The quantitative estimate of drug-likeness (QED) is 0.0493. The monoisotopic (exact) mass is 1470 g/mol. The summed E-state index contributed by atoms with van der Waals surface area (Å²) in [5.41, 5.74) is 10.6. The maximum absolute atomic E-state index is 16.9. The molecule has 2 aromatic heterocycles. The van der Waals surface area contributed by atoms with Gasteiger partial charge in [0.25, 0.3) is 0 Å². The molecule has 0 unspecified atom stereocenters. The number of aromatic nitrogens is 2. The fourth-order valence-corrected chi connectivity index (χ4v) is 14.7. The van der Waals surface area contributed by atoms with Gasteiger partial charge < -0.3 is 34.2 Å². The van der Waals surface area contributed by atoms with Gasteiger partial charge in [-0.05, 0) is 173 Å². The zero-order valence-electron chi connectivity index (χ0n) is 62.0. The summed E-state index contributed by atoms with van der Waals surface area (Å²) in [6.07, 6.45) is 5.94. The molecule has 9 heteroatoms. The Morgan fingerprint density at radius 3 is 0.865 bits per heavy atom. The molecule has 0 aliphatic carbocycles. The average molecular weight is 1470 g/mol. The fraction of sp³-hybridized carbons (Fsp3) is 0.402. The van der Waals surface area contributed by atoms with Gasteiger partial charge in [0.05, 0.1) is 33.4 Å². The summed E-state index contributed by atoms with van der Waals surface area (Å²) in [5.74, 6) is -3.36. The SMILES string of the molecule is CC(C)(C)CC(C)(C)c1cc(-c2cc(F)cc(F)c2[CH-]CCC[CH-]c2c(F)cc(F)cc2-c2cc(C(C)(C)CC(C)(C)C)cc(-n3c4ccc(C(C)(C)C)cc4c4cc(C(C)(C)C)ccc43)c2O)c(O)c(-n2c3ccc(C(C)(C)C)cc3c3cc(C(C)(C)C)ccc32)c1.[CH3-].[CH3-].[Hf+4]. The van der Waals surface area contributed by atoms with Gasteiger partial charge in [0.15, 0.2) is 0 Å². The molecule has 508 valence electrons. The summed E-state index contributed by atoms with van der Waals surface area (Å²) in [6, 6.07) is 38.4. The molecular formula is C87H106F4HfN2O2. The first-order valence-electron chi connectivity index (χ1n) is 33.4. The number of aromatic hydroxyl groups is 2. The predicted octanol–water partition coefficient (Wildman–Crippen LogP) is 25.7. The van der Waals surface area contributed by atoms with E-state index in [1.807, 2.05) is 12.1 Å². The Labute approximate surface area is 592 Å². The third kappa shape index (κ3) is 15.4. The molecule has 2 heterocycles. The number of nitrogens with zero attached hydrogens (tertiary/aromatic N) is 2. The Hall–Kier alpha value is -6.71. The van der Waals surface area contributed by atoms with Crippen LogP contribution in [0.4, 0.5) is 17.6 Å². The van der Waals surface area contributed by atoms with Crippen LogP contribution in [0.5, 0.6) is 11.5 Å². The van der Waals surface area contributed by atoms with Crippen LogP contribution < -0.4 is 0 Å². The van der Waals surface area contributed by atoms with Crippen molar-refractivity contribution < 1.29 is 53.6 Å². The van der Waals surface area contributed by atoms with Gasteiger partial charge in [0.1, 0.15) is 23.1 Å². The van der Waals surface area contributed by atoms with E-state index in [0.29, 0.717) is 28.9 Å². The molecule has 2 N–H and O–H groups in total. The topological polar surface area (TPSA) is 50.3 Å². The van der Waals surface area contributed by atoms with Gasteiger partial charge in [-0.1, -0.05) is 220 Å².